The Morgan fingerprint density at radius 2 is 2.11 bits per heavy atom. The van der Waals surface area contributed by atoms with Crippen molar-refractivity contribution < 1.29 is 14.6 Å². The molecule has 1 atom stereocenters. The molecule has 1 heterocycles. The van der Waals surface area contributed by atoms with Gasteiger partial charge in [0.05, 0.1) is 19.3 Å². The molecule has 3 N–H and O–H groups in total. The number of para-hydroxylation sites is 1. The van der Waals surface area contributed by atoms with Crippen LogP contribution in [0.1, 0.15) is 51.0 Å². The van der Waals surface area contributed by atoms with Gasteiger partial charge in [0, 0.05) is 37.3 Å². The van der Waals surface area contributed by atoms with Gasteiger partial charge in [-0.05, 0) is 51.5 Å². The molecule has 6 heteroatoms. The Balaban J connectivity index is 1.62. The zero-order chi connectivity index (χ0) is 19.7. The van der Waals surface area contributed by atoms with Crippen molar-refractivity contribution in [1.82, 2.24) is 10.6 Å². The maximum Gasteiger partial charge on any atom is 0.191 e. The lowest BCUT2D eigenvalue weighted by Crippen LogP contribution is -2.44. The van der Waals surface area contributed by atoms with Crippen LogP contribution in [0.2, 0.25) is 0 Å². The summed E-state index contributed by atoms with van der Waals surface area (Å²) < 4.78 is 11.8. The van der Waals surface area contributed by atoms with Crippen LogP contribution < -0.4 is 15.4 Å². The number of hydrogen-bond acceptors (Lipinski definition) is 4. The lowest BCUT2D eigenvalue weighted by Gasteiger charge is -2.27. The fraction of sp³-hybridized carbons (Fsp3) is 0.682. The molecule has 156 valence electrons. The van der Waals surface area contributed by atoms with Crippen LogP contribution in [0.4, 0.5) is 0 Å². The molecule has 2 fully saturated rings. The normalized spacial score (nSPS) is 23.1. The molecule has 6 nitrogen and oxygen atoms in total. The van der Waals surface area contributed by atoms with Gasteiger partial charge in [-0.15, -0.1) is 0 Å². The summed E-state index contributed by atoms with van der Waals surface area (Å²) in [6.45, 7) is 5.83. The molecule has 0 spiro atoms. The summed E-state index contributed by atoms with van der Waals surface area (Å²) in [5.41, 5.74) is 1.11. The number of aliphatic hydroxyl groups excluding tert-OH is 1. The van der Waals surface area contributed by atoms with E-state index in [1.54, 1.807) is 0 Å². The molecule has 0 aromatic heterocycles. The molecule has 0 amide bonds. The first-order valence-corrected chi connectivity index (χ1v) is 10.7. The Labute approximate surface area is 168 Å². The van der Waals surface area contributed by atoms with E-state index in [9.17, 15) is 5.11 Å². The summed E-state index contributed by atoms with van der Waals surface area (Å²) in [5.74, 6) is 1.75. The first-order valence-electron chi connectivity index (χ1n) is 10.7. The van der Waals surface area contributed by atoms with E-state index in [4.69, 9.17) is 14.5 Å². The molecular weight excluding hydrogens is 354 g/mol. The summed E-state index contributed by atoms with van der Waals surface area (Å²) in [6, 6.07) is 8.21. The van der Waals surface area contributed by atoms with E-state index in [1.807, 2.05) is 12.1 Å². The Bertz CT molecular complexity index is 623. The summed E-state index contributed by atoms with van der Waals surface area (Å²) in [5, 5.41) is 16.2. The molecule has 1 aromatic rings. The number of aliphatic hydroxyl groups is 1. The summed E-state index contributed by atoms with van der Waals surface area (Å²) in [7, 11) is 0. The van der Waals surface area contributed by atoms with Gasteiger partial charge in [-0.2, -0.15) is 0 Å². The highest BCUT2D eigenvalue weighted by molar-refractivity contribution is 5.79. The SMILES string of the molecule is CCNC(=NCc1ccccc1OC1CCCC1)NCC1(CCO)CCOC1. The predicted molar refractivity (Wildman–Crippen MR) is 112 cm³/mol. The van der Waals surface area contributed by atoms with E-state index in [2.05, 4.69) is 29.7 Å². The summed E-state index contributed by atoms with van der Waals surface area (Å²) >= 11 is 0. The number of aliphatic imine (C=N–C) groups is 1. The third-order valence-electron chi connectivity index (χ3n) is 5.78. The molecule has 1 aromatic carbocycles. The average molecular weight is 390 g/mol. The first kappa shape index (κ1) is 20.9. The van der Waals surface area contributed by atoms with Crippen molar-refractivity contribution in [2.75, 3.05) is 32.9 Å². The third-order valence-corrected chi connectivity index (χ3v) is 5.78. The van der Waals surface area contributed by atoms with Crippen molar-refractivity contribution in [2.24, 2.45) is 10.4 Å². The zero-order valence-corrected chi connectivity index (χ0v) is 17.1. The standard InChI is InChI=1S/C22H35N3O3/c1-2-23-21(25-16-22(11-13-26)12-14-27-17-22)24-15-18-7-3-6-10-20(18)28-19-8-4-5-9-19/h3,6-7,10,19,26H,2,4-5,8-9,11-17H2,1H3,(H2,23,24,25). The molecule has 28 heavy (non-hydrogen) atoms. The van der Waals surface area contributed by atoms with Crippen LogP contribution in [0.3, 0.4) is 0 Å². The highest BCUT2D eigenvalue weighted by atomic mass is 16.5. The first-order chi connectivity index (χ1) is 13.7. The van der Waals surface area contributed by atoms with E-state index in [1.165, 1.54) is 12.8 Å². The number of ether oxygens (including phenoxy) is 2. The van der Waals surface area contributed by atoms with Crippen molar-refractivity contribution in [3.63, 3.8) is 0 Å². The van der Waals surface area contributed by atoms with Crippen LogP contribution in [0.5, 0.6) is 5.75 Å². The lowest BCUT2D eigenvalue weighted by molar-refractivity contribution is 0.127. The number of nitrogens with zero attached hydrogens (tertiary/aromatic N) is 1. The number of rotatable bonds is 9. The lowest BCUT2D eigenvalue weighted by atomic mass is 9.84. The molecule has 0 bridgehead atoms. The number of hydrogen-bond donors (Lipinski definition) is 3. The second-order valence-electron chi connectivity index (χ2n) is 7.96. The Hall–Kier alpha value is -1.79. The molecule has 1 aliphatic carbocycles. The van der Waals surface area contributed by atoms with E-state index < -0.39 is 0 Å². The average Bonchev–Trinajstić information content (AvgIpc) is 3.38. The smallest absolute Gasteiger partial charge is 0.191 e. The van der Waals surface area contributed by atoms with E-state index in [-0.39, 0.29) is 12.0 Å². The Morgan fingerprint density at radius 3 is 2.82 bits per heavy atom. The maximum atomic E-state index is 9.42. The zero-order valence-electron chi connectivity index (χ0n) is 17.1. The largest absolute Gasteiger partial charge is 0.490 e. The van der Waals surface area contributed by atoms with Gasteiger partial charge in [0.2, 0.25) is 0 Å². The van der Waals surface area contributed by atoms with Crippen LogP contribution >= 0.6 is 0 Å². The van der Waals surface area contributed by atoms with Crippen molar-refractivity contribution >= 4 is 5.96 Å². The predicted octanol–water partition coefficient (Wildman–Crippen LogP) is 2.85. The number of nitrogens with one attached hydrogen (secondary N) is 2. The van der Waals surface area contributed by atoms with E-state index in [0.29, 0.717) is 19.3 Å². The van der Waals surface area contributed by atoms with E-state index >= 15 is 0 Å². The Morgan fingerprint density at radius 1 is 1.29 bits per heavy atom. The number of guanidine groups is 1. The second kappa shape index (κ2) is 10.7. The minimum atomic E-state index is -0.00552. The molecule has 3 rings (SSSR count). The van der Waals surface area contributed by atoms with Crippen molar-refractivity contribution in [2.45, 2.75) is 58.1 Å². The monoisotopic (exact) mass is 389 g/mol. The quantitative estimate of drug-likeness (QED) is 0.447. The van der Waals surface area contributed by atoms with Crippen molar-refractivity contribution in [3.8, 4) is 5.75 Å². The molecular formula is C22H35N3O3. The van der Waals surface area contributed by atoms with Crippen LogP contribution in [-0.4, -0.2) is 50.1 Å². The summed E-state index contributed by atoms with van der Waals surface area (Å²) in [4.78, 5) is 4.78. The van der Waals surface area contributed by atoms with Gasteiger partial charge in [-0.3, -0.25) is 0 Å². The minimum Gasteiger partial charge on any atom is -0.490 e. The molecule has 1 unspecified atom stereocenters. The van der Waals surface area contributed by atoms with Crippen LogP contribution in [0.15, 0.2) is 29.3 Å². The number of benzene rings is 1. The van der Waals surface area contributed by atoms with Crippen LogP contribution in [-0.2, 0) is 11.3 Å². The van der Waals surface area contributed by atoms with Gasteiger partial charge < -0.3 is 25.2 Å². The fourth-order valence-corrected chi connectivity index (χ4v) is 4.02. The van der Waals surface area contributed by atoms with Crippen molar-refractivity contribution in [3.05, 3.63) is 29.8 Å². The van der Waals surface area contributed by atoms with Crippen molar-refractivity contribution in [1.29, 1.82) is 0 Å². The van der Waals surface area contributed by atoms with Gasteiger partial charge >= 0.3 is 0 Å². The topological polar surface area (TPSA) is 75.1 Å². The molecule has 2 aliphatic rings. The van der Waals surface area contributed by atoms with Gasteiger partial charge in [0.15, 0.2) is 5.96 Å². The summed E-state index contributed by atoms with van der Waals surface area (Å²) in [6.07, 6.45) is 6.89. The molecule has 1 aliphatic heterocycles. The highest BCUT2D eigenvalue weighted by Crippen LogP contribution is 2.31. The maximum absolute atomic E-state index is 9.42. The van der Waals surface area contributed by atoms with Gasteiger partial charge in [0.1, 0.15) is 5.75 Å². The van der Waals surface area contributed by atoms with Gasteiger partial charge in [-0.25, -0.2) is 4.99 Å². The highest BCUT2D eigenvalue weighted by Gasteiger charge is 2.34. The molecule has 1 saturated heterocycles. The third kappa shape index (κ3) is 5.85. The Kier molecular flexibility index (Phi) is 7.98. The van der Waals surface area contributed by atoms with Crippen LogP contribution in [0.25, 0.3) is 0 Å². The second-order valence-corrected chi connectivity index (χ2v) is 7.96. The minimum absolute atomic E-state index is 0.00552. The molecule has 1 saturated carbocycles. The van der Waals surface area contributed by atoms with E-state index in [0.717, 1.165) is 62.7 Å². The van der Waals surface area contributed by atoms with Gasteiger partial charge in [-0.1, -0.05) is 18.2 Å². The fourth-order valence-electron chi connectivity index (χ4n) is 4.02. The van der Waals surface area contributed by atoms with Crippen LogP contribution in [0, 0.1) is 5.41 Å². The molecule has 0 radical (unpaired) electrons. The van der Waals surface area contributed by atoms with Gasteiger partial charge in [0.25, 0.3) is 0 Å².